The van der Waals surface area contributed by atoms with Crippen molar-refractivity contribution in [1.29, 1.82) is 0 Å². The van der Waals surface area contributed by atoms with Crippen molar-refractivity contribution in [2.24, 2.45) is 5.92 Å². The highest BCUT2D eigenvalue weighted by Crippen LogP contribution is 2.35. The third kappa shape index (κ3) is 13.0. The number of hydrogen-bond acceptors (Lipinski definition) is 4. The Morgan fingerprint density at radius 2 is 1.45 bits per heavy atom. The summed E-state index contributed by atoms with van der Waals surface area (Å²) in [5.74, 6) is 1.66. The lowest BCUT2D eigenvalue weighted by molar-refractivity contribution is -0.132. The molecule has 7 nitrogen and oxygen atoms in total. The molecule has 0 heterocycles. The van der Waals surface area contributed by atoms with Gasteiger partial charge >= 0.3 is 7.82 Å². The lowest BCUT2D eigenvalue weighted by Crippen LogP contribution is -2.33. The van der Waals surface area contributed by atoms with Crippen LogP contribution in [0.15, 0.2) is 48.5 Å². The van der Waals surface area contributed by atoms with Crippen LogP contribution >= 0.6 is 7.82 Å². The molecule has 0 unspecified atom stereocenters. The van der Waals surface area contributed by atoms with Gasteiger partial charge in [-0.15, -0.1) is 0 Å². The van der Waals surface area contributed by atoms with Crippen LogP contribution in [0.5, 0.6) is 5.75 Å². The zero-order chi connectivity index (χ0) is 28.6. The number of phosphoric acid groups is 1. The van der Waals surface area contributed by atoms with Gasteiger partial charge < -0.3 is 19.4 Å². The molecule has 1 aliphatic rings. The molecule has 40 heavy (non-hydrogen) atoms. The van der Waals surface area contributed by atoms with Gasteiger partial charge in [0.05, 0.1) is 13.7 Å². The van der Waals surface area contributed by atoms with Crippen LogP contribution in [-0.4, -0.2) is 40.9 Å². The van der Waals surface area contributed by atoms with Crippen molar-refractivity contribution in [2.45, 2.75) is 96.4 Å². The number of benzene rings is 2. The predicted molar refractivity (Wildman–Crippen MR) is 159 cm³/mol. The zero-order valence-corrected chi connectivity index (χ0v) is 25.0. The molecule has 2 aromatic carbocycles. The van der Waals surface area contributed by atoms with E-state index >= 15 is 0 Å². The van der Waals surface area contributed by atoms with E-state index in [9.17, 15) is 9.36 Å². The number of methoxy groups -OCH3 is 1. The minimum Gasteiger partial charge on any atom is -0.497 e. The maximum absolute atomic E-state index is 13.0. The molecule has 1 aliphatic carbocycles. The molecule has 2 N–H and O–H groups in total. The second-order valence-corrected chi connectivity index (χ2v) is 12.4. The number of hydrogen-bond donors (Lipinski definition) is 2. The van der Waals surface area contributed by atoms with Gasteiger partial charge in [-0.1, -0.05) is 87.8 Å². The normalized spacial score (nSPS) is 14.3. The lowest BCUT2D eigenvalue weighted by atomic mass is 9.85. The molecule has 2 aromatic rings. The topological polar surface area (TPSA) is 96.3 Å². The number of ether oxygens (including phenoxy) is 1. The zero-order valence-electron chi connectivity index (χ0n) is 24.1. The molecular weight excluding hydrogens is 525 g/mol. The van der Waals surface area contributed by atoms with Crippen LogP contribution in [0.25, 0.3) is 0 Å². The number of carbonyl (C=O) groups excluding carboxylic acids is 1. The highest BCUT2D eigenvalue weighted by Gasteiger charge is 2.18. The van der Waals surface area contributed by atoms with Crippen molar-refractivity contribution >= 4 is 13.7 Å². The Morgan fingerprint density at radius 3 is 2.05 bits per heavy atom. The third-order valence-corrected chi connectivity index (χ3v) is 8.46. The SMILES string of the molecule is COc1ccc(CN(CCOP(=O)(O)O)C(=O)CCCCc2ccc(CCCCCC3CCCCC3)cc2)cc1. The van der Waals surface area contributed by atoms with Gasteiger partial charge in [0.25, 0.3) is 0 Å². The average molecular weight is 574 g/mol. The van der Waals surface area contributed by atoms with Crippen LogP contribution in [-0.2, 0) is 33.3 Å². The largest absolute Gasteiger partial charge is 0.497 e. The summed E-state index contributed by atoms with van der Waals surface area (Å²) in [7, 11) is -2.98. The number of nitrogens with zero attached hydrogens (tertiary/aromatic N) is 1. The van der Waals surface area contributed by atoms with Gasteiger partial charge in [-0.2, -0.15) is 0 Å². The maximum atomic E-state index is 13.0. The first-order valence-electron chi connectivity index (χ1n) is 15.0. The fraction of sp³-hybridized carbons (Fsp3) is 0.594. The molecule has 0 aliphatic heterocycles. The van der Waals surface area contributed by atoms with Crippen molar-refractivity contribution in [3.05, 3.63) is 65.2 Å². The van der Waals surface area contributed by atoms with Crippen molar-refractivity contribution in [2.75, 3.05) is 20.3 Å². The molecular formula is C32H48NO6P. The Hall–Kier alpha value is -2.18. The minimum atomic E-state index is -4.58. The first-order valence-corrected chi connectivity index (χ1v) is 16.5. The van der Waals surface area contributed by atoms with E-state index in [4.69, 9.17) is 14.5 Å². The van der Waals surface area contributed by atoms with E-state index in [1.165, 1.54) is 68.9 Å². The Bertz CT molecular complexity index is 1030. The number of phosphoric ester groups is 1. The fourth-order valence-electron chi connectivity index (χ4n) is 5.56. The highest BCUT2D eigenvalue weighted by molar-refractivity contribution is 7.46. The molecule has 0 aromatic heterocycles. The van der Waals surface area contributed by atoms with Gasteiger partial charge in [0.1, 0.15) is 5.75 Å². The standard InChI is InChI=1S/C32H48NO6P/c1-38-31-22-20-30(21-23-31)26-33(24-25-39-40(35,36)37)32(34)15-9-8-14-29-18-16-28(17-19-29)13-7-3-6-12-27-10-4-2-5-11-27/h16-23,27H,2-15,24-26H2,1H3,(H2,35,36,37). The van der Waals surface area contributed by atoms with E-state index in [1.54, 1.807) is 12.0 Å². The highest BCUT2D eigenvalue weighted by atomic mass is 31.2. The summed E-state index contributed by atoms with van der Waals surface area (Å²) in [5.41, 5.74) is 3.61. The summed E-state index contributed by atoms with van der Waals surface area (Å²) >= 11 is 0. The summed E-state index contributed by atoms with van der Waals surface area (Å²) in [6.07, 6.45) is 16.7. The second kappa shape index (κ2) is 17.6. The van der Waals surface area contributed by atoms with E-state index in [2.05, 4.69) is 28.8 Å². The summed E-state index contributed by atoms with van der Waals surface area (Å²) in [4.78, 5) is 32.6. The summed E-state index contributed by atoms with van der Waals surface area (Å²) in [6.45, 7) is 0.229. The van der Waals surface area contributed by atoms with Crippen LogP contribution in [0.2, 0.25) is 0 Å². The smallest absolute Gasteiger partial charge is 0.469 e. The van der Waals surface area contributed by atoms with Gasteiger partial charge in [-0.25, -0.2) is 4.57 Å². The number of rotatable bonds is 18. The molecule has 1 fully saturated rings. The van der Waals surface area contributed by atoms with E-state index in [0.717, 1.165) is 42.9 Å². The van der Waals surface area contributed by atoms with Gasteiger partial charge in [0, 0.05) is 19.5 Å². The molecule has 0 radical (unpaired) electrons. The van der Waals surface area contributed by atoms with E-state index in [0.29, 0.717) is 13.0 Å². The minimum absolute atomic E-state index is 0.0519. The average Bonchev–Trinajstić information content (AvgIpc) is 2.95. The molecule has 1 amide bonds. The Labute approximate surface area is 240 Å². The quantitative estimate of drug-likeness (QED) is 0.144. The predicted octanol–water partition coefficient (Wildman–Crippen LogP) is 7.23. The lowest BCUT2D eigenvalue weighted by Gasteiger charge is -2.23. The van der Waals surface area contributed by atoms with E-state index in [-0.39, 0.29) is 19.1 Å². The van der Waals surface area contributed by atoms with Gasteiger partial charge in [-0.3, -0.25) is 9.32 Å². The molecule has 8 heteroatoms. The summed E-state index contributed by atoms with van der Waals surface area (Å²) in [6, 6.07) is 16.3. The molecule has 1 saturated carbocycles. The van der Waals surface area contributed by atoms with E-state index in [1.807, 2.05) is 24.3 Å². The number of unbranched alkanes of at least 4 members (excludes halogenated alkanes) is 3. The molecule has 0 saturated heterocycles. The first-order chi connectivity index (χ1) is 19.3. The van der Waals surface area contributed by atoms with E-state index < -0.39 is 7.82 Å². The second-order valence-electron chi connectivity index (χ2n) is 11.1. The number of amides is 1. The van der Waals surface area contributed by atoms with Crippen molar-refractivity contribution in [3.63, 3.8) is 0 Å². The monoisotopic (exact) mass is 573 g/mol. The van der Waals surface area contributed by atoms with Crippen LogP contribution < -0.4 is 4.74 Å². The van der Waals surface area contributed by atoms with Gasteiger partial charge in [0.2, 0.25) is 5.91 Å². The molecule has 0 atom stereocenters. The summed E-state index contributed by atoms with van der Waals surface area (Å²) in [5, 5.41) is 0. The van der Waals surface area contributed by atoms with Crippen LogP contribution in [0, 0.1) is 5.92 Å². The number of aryl methyl sites for hydroxylation is 2. The third-order valence-electron chi connectivity index (χ3n) is 7.94. The van der Waals surface area contributed by atoms with Crippen molar-refractivity contribution in [3.8, 4) is 5.75 Å². The number of carbonyl (C=O) groups is 1. The molecule has 0 spiro atoms. The fourth-order valence-corrected chi connectivity index (χ4v) is 5.88. The van der Waals surface area contributed by atoms with Crippen LogP contribution in [0.1, 0.15) is 93.7 Å². The molecule has 222 valence electrons. The van der Waals surface area contributed by atoms with Crippen molar-refractivity contribution in [1.82, 2.24) is 4.90 Å². The summed E-state index contributed by atoms with van der Waals surface area (Å²) < 4.78 is 20.8. The molecule has 3 rings (SSSR count). The van der Waals surface area contributed by atoms with Crippen molar-refractivity contribution < 1.29 is 28.4 Å². The Kier molecular flexibility index (Phi) is 14.2. The van der Waals surface area contributed by atoms with Crippen LogP contribution in [0.3, 0.4) is 0 Å². The Morgan fingerprint density at radius 1 is 0.850 bits per heavy atom. The van der Waals surface area contributed by atoms with Gasteiger partial charge in [-0.05, 0) is 66.8 Å². The maximum Gasteiger partial charge on any atom is 0.469 e. The molecule has 0 bridgehead atoms. The van der Waals surface area contributed by atoms with Crippen LogP contribution in [0.4, 0.5) is 0 Å². The Balaban J connectivity index is 1.36. The van der Waals surface area contributed by atoms with Gasteiger partial charge in [0.15, 0.2) is 0 Å². The first kappa shape index (κ1) is 32.3.